The summed E-state index contributed by atoms with van der Waals surface area (Å²) in [5.74, 6) is -1.34. The monoisotopic (exact) mass is 176 g/mol. The van der Waals surface area contributed by atoms with E-state index in [4.69, 9.17) is 5.11 Å². The van der Waals surface area contributed by atoms with Crippen molar-refractivity contribution in [3.05, 3.63) is 48.0 Å². The molecule has 0 saturated carbocycles. The molecule has 0 spiro atoms. The molecule has 0 bridgehead atoms. The summed E-state index contributed by atoms with van der Waals surface area (Å²) < 4.78 is 0. The first-order chi connectivity index (χ1) is 6.25. The molecular weight excluding hydrogens is 164 g/mol. The Bertz CT molecular complexity index is 301. The maximum absolute atomic E-state index is 10.8. The summed E-state index contributed by atoms with van der Waals surface area (Å²) in [7, 11) is 0. The van der Waals surface area contributed by atoms with Gasteiger partial charge in [-0.05, 0) is 12.5 Å². The standard InChI is InChI=1S/C11H12O2/c1-2-6-10(11(12)13)9-7-4-3-5-8-9/h2-8,10H,1H3,(H,12,13). The molecule has 0 fully saturated rings. The van der Waals surface area contributed by atoms with Gasteiger partial charge in [0, 0.05) is 0 Å². The van der Waals surface area contributed by atoms with Gasteiger partial charge in [0.1, 0.15) is 0 Å². The Labute approximate surface area is 77.5 Å². The van der Waals surface area contributed by atoms with Crippen molar-refractivity contribution in [3.8, 4) is 0 Å². The first-order valence-electron chi connectivity index (χ1n) is 4.16. The van der Waals surface area contributed by atoms with Gasteiger partial charge in [0.25, 0.3) is 0 Å². The summed E-state index contributed by atoms with van der Waals surface area (Å²) in [6.07, 6.45) is 3.43. The number of rotatable bonds is 3. The average Bonchev–Trinajstić information content (AvgIpc) is 2.15. The zero-order valence-corrected chi connectivity index (χ0v) is 7.47. The molecule has 1 aromatic rings. The van der Waals surface area contributed by atoms with Crippen LogP contribution in [0.1, 0.15) is 18.4 Å². The highest BCUT2D eigenvalue weighted by Gasteiger charge is 2.14. The third kappa shape index (κ3) is 2.44. The van der Waals surface area contributed by atoms with Crippen LogP contribution in [0.25, 0.3) is 0 Å². The first-order valence-corrected chi connectivity index (χ1v) is 4.16. The molecule has 0 saturated heterocycles. The van der Waals surface area contributed by atoms with Crippen LogP contribution in [0.5, 0.6) is 0 Å². The minimum Gasteiger partial charge on any atom is -0.481 e. The quantitative estimate of drug-likeness (QED) is 0.718. The molecule has 1 atom stereocenters. The molecule has 0 heterocycles. The molecule has 2 heteroatoms. The van der Waals surface area contributed by atoms with E-state index in [9.17, 15) is 4.79 Å². The van der Waals surface area contributed by atoms with Gasteiger partial charge in [-0.25, -0.2) is 0 Å². The second-order valence-electron chi connectivity index (χ2n) is 2.75. The van der Waals surface area contributed by atoms with Crippen LogP contribution in [0.4, 0.5) is 0 Å². The fourth-order valence-corrected chi connectivity index (χ4v) is 1.19. The number of hydrogen-bond donors (Lipinski definition) is 1. The van der Waals surface area contributed by atoms with Crippen molar-refractivity contribution in [2.75, 3.05) is 0 Å². The lowest BCUT2D eigenvalue weighted by atomic mass is 9.99. The predicted molar refractivity (Wildman–Crippen MR) is 51.6 cm³/mol. The molecule has 2 nitrogen and oxygen atoms in total. The first kappa shape index (κ1) is 9.52. The van der Waals surface area contributed by atoms with Crippen LogP contribution in [0.2, 0.25) is 0 Å². The second-order valence-corrected chi connectivity index (χ2v) is 2.75. The summed E-state index contributed by atoms with van der Waals surface area (Å²) in [6, 6.07) is 9.19. The molecule has 0 aliphatic heterocycles. The van der Waals surface area contributed by atoms with E-state index in [1.165, 1.54) is 0 Å². The van der Waals surface area contributed by atoms with Crippen molar-refractivity contribution in [2.45, 2.75) is 12.8 Å². The third-order valence-corrected chi connectivity index (χ3v) is 1.81. The number of allylic oxidation sites excluding steroid dienone is 1. The van der Waals surface area contributed by atoms with Crippen LogP contribution in [0, 0.1) is 0 Å². The Morgan fingerprint density at radius 3 is 2.46 bits per heavy atom. The van der Waals surface area contributed by atoms with Crippen LogP contribution in [-0.2, 0) is 4.79 Å². The highest BCUT2D eigenvalue weighted by Crippen LogP contribution is 2.16. The SMILES string of the molecule is CC=CC(C(=O)O)c1ccccc1. The summed E-state index contributed by atoms with van der Waals surface area (Å²) in [5.41, 5.74) is 0.813. The molecule has 1 N–H and O–H groups in total. The number of benzene rings is 1. The highest BCUT2D eigenvalue weighted by atomic mass is 16.4. The average molecular weight is 176 g/mol. The second kappa shape index (κ2) is 4.45. The summed E-state index contributed by atoms with van der Waals surface area (Å²) >= 11 is 0. The van der Waals surface area contributed by atoms with Crippen molar-refractivity contribution >= 4 is 5.97 Å². The van der Waals surface area contributed by atoms with E-state index in [-0.39, 0.29) is 0 Å². The topological polar surface area (TPSA) is 37.3 Å². The molecule has 1 aromatic carbocycles. The van der Waals surface area contributed by atoms with Crippen molar-refractivity contribution in [3.63, 3.8) is 0 Å². The van der Waals surface area contributed by atoms with E-state index in [0.717, 1.165) is 5.56 Å². The molecule has 1 unspecified atom stereocenters. The van der Waals surface area contributed by atoms with Gasteiger partial charge in [-0.1, -0.05) is 42.5 Å². The van der Waals surface area contributed by atoms with Gasteiger partial charge in [0.05, 0.1) is 5.92 Å². The van der Waals surface area contributed by atoms with E-state index in [1.54, 1.807) is 12.2 Å². The Morgan fingerprint density at radius 2 is 2.00 bits per heavy atom. The summed E-state index contributed by atoms with van der Waals surface area (Å²) in [6.45, 7) is 1.82. The van der Waals surface area contributed by atoms with Gasteiger partial charge in [-0.2, -0.15) is 0 Å². The van der Waals surface area contributed by atoms with Gasteiger partial charge in [-0.3, -0.25) is 4.79 Å². The van der Waals surface area contributed by atoms with Crippen LogP contribution in [0.3, 0.4) is 0 Å². The Hall–Kier alpha value is -1.57. The maximum Gasteiger partial charge on any atom is 0.314 e. The molecule has 0 radical (unpaired) electrons. The normalized spacial score (nSPS) is 13.0. The lowest BCUT2D eigenvalue weighted by Gasteiger charge is -2.06. The molecular formula is C11H12O2. The van der Waals surface area contributed by atoms with Crippen molar-refractivity contribution in [1.82, 2.24) is 0 Å². The smallest absolute Gasteiger partial charge is 0.314 e. The molecule has 0 aliphatic rings. The predicted octanol–water partition coefficient (Wildman–Crippen LogP) is 2.43. The number of carboxylic acid groups (broad SMARTS) is 1. The lowest BCUT2D eigenvalue weighted by Crippen LogP contribution is -2.08. The Balaban J connectivity index is 2.96. The molecule has 1 rings (SSSR count). The van der Waals surface area contributed by atoms with E-state index in [2.05, 4.69) is 0 Å². The van der Waals surface area contributed by atoms with Crippen LogP contribution in [0.15, 0.2) is 42.5 Å². The van der Waals surface area contributed by atoms with E-state index < -0.39 is 11.9 Å². The molecule has 13 heavy (non-hydrogen) atoms. The number of aliphatic carboxylic acids is 1. The largest absolute Gasteiger partial charge is 0.481 e. The minimum absolute atomic E-state index is 0.522. The highest BCUT2D eigenvalue weighted by molar-refractivity contribution is 5.78. The van der Waals surface area contributed by atoms with Crippen LogP contribution in [-0.4, -0.2) is 11.1 Å². The van der Waals surface area contributed by atoms with Crippen LogP contribution < -0.4 is 0 Å². The van der Waals surface area contributed by atoms with E-state index >= 15 is 0 Å². The number of hydrogen-bond acceptors (Lipinski definition) is 1. The Morgan fingerprint density at radius 1 is 1.38 bits per heavy atom. The van der Waals surface area contributed by atoms with Crippen LogP contribution >= 0.6 is 0 Å². The molecule has 0 aromatic heterocycles. The fourth-order valence-electron chi connectivity index (χ4n) is 1.19. The van der Waals surface area contributed by atoms with Gasteiger partial charge in [-0.15, -0.1) is 0 Å². The van der Waals surface area contributed by atoms with Gasteiger partial charge in [0.2, 0.25) is 0 Å². The molecule has 68 valence electrons. The zero-order chi connectivity index (χ0) is 9.68. The van der Waals surface area contributed by atoms with Gasteiger partial charge in [0.15, 0.2) is 0 Å². The molecule has 0 amide bonds. The Kier molecular flexibility index (Phi) is 3.26. The molecule has 0 aliphatic carbocycles. The van der Waals surface area contributed by atoms with Crippen molar-refractivity contribution in [2.24, 2.45) is 0 Å². The van der Waals surface area contributed by atoms with Gasteiger partial charge >= 0.3 is 5.97 Å². The summed E-state index contributed by atoms with van der Waals surface area (Å²) in [5, 5.41) is 8.91. The minimum atomic E-state index is -0.815. The third-order valence-electron chi connectivity index (χ3n) is 1.81. The number of carbonyl (C=O) groups is 1. The van der Waals surface area contributed by atoms with Crippen molar-refractivity contribution < 1.29 is 9.90 Å². The number of carboxylic acids is 1. The van der Waals surface area contributed by atoms with Gasteiger partial charge < -0.3 is 5.11 Å². The lowest BCUT2D eigenvalue weighted by molar-refractivity contribution is -0.137. The maximum atomic E-state index is 10.8. The van der Waals surface area contributed by atoms with E-state index in [1.807, 2.05) is 37.3 Å². The summed E-state index contributed by atoms with van der Waals surface area (Å²) in [4.78, 5) is 10.8. The zero-order valence-electron chi connectivity index (χ0n) is 7.47. The van der Waals surface area contributed by atoms with E-state index in [0.29, 0.717) is 0 Å². The van der Waals surface area contributed by atoms with Crippen molar-refractivity contribution in [1.29, 1.82) is 0 Å². The fraction of sp³-hybridized carbons (Fsp3) is 0.182.